The van der Waals surface area contributed by atoms with E-state index in [0.29, 0.717) is 11.3 Å². The fourth-order valence-electron chi connectivity index (χ4n) is 2.63. The standard InChI is InChI=1S/C23H22N2O3/c1-16-8-9-17(2)21(14-16)25-22(26)15-24-23(27)18-10-12-20(13-11-18)28-19-6-4-3-5-7-19/h3-14H,15H2,1-2H3,(H,24,27)(H,25,26). The topological polar surface area (TPSA) is 67.4 Å². The predicted molar refractivity (Wildman–Crippen MR) is 110 cm³/mol. The number of hydrogen-bond acceptors (Lipinski definition) is 3. The molecule has 0 atom stereocenters. The van der Waals surface area contributed by atoms with Gasteiger partial charge in [0.1, 0.15) is 11.5 Å². The molecule has 142 valence electrons. The molecular weight excluding hydrogens is 352 g/mol. The minimum atomic E-state index is -0.317. The second-order valence-corrected chi connectivity index (χ2v) is 6.49. The molecule has 5 heteroatoms. The van der Waals surface area contributed by atoms with Crippen LogP contribution in [0.3, 0.4) is 0 Å². The summed E-state index contributed by atoms with van der Waals surface area (Å²) in [5.74, 6) is 0.770. The van der Waals surface area contributed by atoms with Gasteiger partial charge in [0.15, 0.2) is 0 Å². The Bertz CT molecular complexity index is 967. The molecule has 0 heterocycles. The number of para-hydroxylation sites is 1. The maximum absolute atomic E-state index is 12.3. The molecule has 0 aliphatic heterocycles. The van der Waals surface area contributed by atoms with Crippen LogP contribution in [0.5, 0.6) is 11.5 Å². The molecular formula is C23H22N2O3. The fraction of sp³-hybridized carbons (Fsp3) is 0.130. The van der Waals surface area contributed by atoms with Crippen LogP contribution < -0.4 is 15.4 Å². The van der Waals surface area contributed by atoms with E-state index in [1.165, 1.54) is 0 Å². The van der Waals surface area contributed by atoms with Crippen LogP contribution in [0, 0.1) is 13.8 Å². The average Bonchev–Trinajstić information content (AvgIpc) is 2.70. The van der Waals surface area contributed by atoms with Gasteiger partial charge in [0, 0.05) is 11.3 Å². The number of rotatable bonds is 6. The first-order chi connectivity index (χ1) is 13.5. The lowest BCUT2D eigenvalue weighted by molar-refractivity contribution is -0.115. The molecule has 0 saturated heterocycles. The Morgan fingerprint density at radius 1 is 0.857 bits per heavy atom. The highest BCUT2D eigenvalue weighted by atomic mass is 16.5. The Labute approximate surface area is 164 Å². The van der Waals surface area contributed by atoms with E-state index < -0.39 is 0 Å². The molecule has 2 amide bonds. The van der Waals surface area contributed by atoms with E-state index >= 15 is 0 Å². The summed E-state index contributed by atoms with van der Waals surface area (Å²) in [5.41, 5.74) is 3.24. The summed E-state index contributed by atoms with van der Waals surface area (Å²) < 4.78 is 5.70. The summed E-state index contributed by atoms with van der Waals surface area (Å²) in [7, 11) is 0. The van der Waals surface area contributed by atoms with Crippen LogP contribution in [0.25, 0.3) is 0 Å². The maximum Gasteiger partial charge on any atom is 0.251 e. The van der Waals surface area contributed by atoms with Crippen LogP contribution in [0.4, 0.5) is 5.69 Å². The normalized spacial score (nSPS) is 10.2. The van der Waals surface area contributed by atoms with Crippen molar-refractivity contribution in [1.82, 2.24) is 5.32 Å². The number of benzene rings is 3. The zero-order valence-electron chi connectivity index (χ0n) is 15.9. The van der Waals surface area contributed by atoms with Gasteiger partial charge in [-0.25, -0.2) is 0 Å². The van der Waals surface area contributed by atoms with Crippen LogP contribution in [0.15, 0.2) is 72.8 Å². The van der Waals surface area contributed by atoms with Crippen LogP contribution in [0.1, 0.15) is 21.5 Å². The monoisotopic (exact) mass is 374 g/mol. The third-order valence-corrected chi connectivity index (χ3v) is 4.17. The molecule has 3 aromatic rings. The van der Waals surface area contributed by atoms with Crippen molar-refractivity contribution in [3.63, 3.8) is 0 Å². The maximum atomic E-state index is 12.3. The molecule has 0 unspecified atom stereocenters. The van der Waals surface area contributed by atoms with E-state index in [9.17, 15) is 9.59 Å². The van der Waals surface area contributed by atoms with Gasteiger partial charge in [0.2, 0.25) is 5.91 Å². The molecule has 0 bridgehead atoms. The van der Waals surface area contributed by atoms with Gasteiger partial charge in [0.25, 0.3) is 5.91 Å². The lowest BCUT2D eigenvalue weighted by Crippen LogP contribution is -2.33. The number of aryl methyl sites for hydroxylation is 2. The number of carbonyl (C=O) groups excluding carboxylic acids is 2. The highest BCUT2D eigenvalue weighted by molar-refractivity contribution is 5.99. The van der Waals surface area contributed by atoms with E-state index in [2.05, 4.69) is 10.6 Å². The molecule has 0 radical (unpaired) electrons. The first kappa shape index (κ1) is 19.2. The molecule has 0 aliphatic carbocycles. The summed E-state index contributed by atoms with van der Waals surface area (Å²) in [4.78, 5) is 24.4. The van der Waals surface area contributed by atoms with Crippen molar-refractivity contribution in [1.29, 1.82) is 0 Å². The summed E-state index contributed by atoms with van der Waals surface area (Å²) in [6.07, 6.45) is 0. The summed E-state index contributed by atoms with van der Waals surface area (Å²) >= 11 is 0. The largest absolute Gasteiger partial charge is 0.457 e. The highest BCUT2D eigenvalue weighted by Gasteiger charge is 2.10. The van der Waals surface area contributed by atoms with Gasteiger partial charge in [-0.1, -0.05) is 30.3 Å². The number of amides is 2. The van der Waals surface area contributed by atoms with Crippen molar-refractivity contribution in [2.75, 3.05) is 11.9 Å². The smallest absolute Gasteiger partial charge is 0.251 e. The summed E-state index contributed by atoms with van der Waals surface area (Å²) in [6.45, 7) is 3.78. The fourth-order valence-corrected chi connectivity index (χ4v) is 2.63. The van der Waals surface area contributed by atoms with Crippen molar-refractivity contribution in [3.05, 3.63) is 89.5 Å². The van der Waals surface area contributed by atoms with Gasteiger partial charge in [-0.3, -0.25) is 9.59 Å². The van der Waals surface area contributed by atoms with Crippen molar-refractivity contribution < 1.29 is 14.3 Å². The Kier molecular flexibility index (Phi) is 6.07. The molecule has 0 aliphatic rings. The van der Waals surface area contributed by atoms with Crippen molar-refractivity contribution >= 4 is 17.5 Å². The molecule has 0 fully saturated rings. The van der Waals surface area contributed by atoms with Gasteiger partial charge in [0.05, 0.1) is 6.54 Å². The van der Waals surface area contributed by atoms with Gasteiger partial charge in [-0.2, -0.15) is 0 Å². The molecule has 0 saturated carbocycles. The first-order valence-electron chi connectivity index (χ1n) is 8.99. The van der Waals surface area contributed by atoms with Crippen LogP contribution in [0.2, 0.25) is 0 Å². The third-order valence-electron chi connectivity index (χ3n) is 4.17. The Balaban J connectivity index is 1.53. The number of carbonyl (C=O) groups is 2. The molecule has 5 nitrogen and oxygen atoms in total. The van der Waals surface area contributed by atoms with Gasteiger partial charge < -0.3 is 15.4 Å². The summed E-state index contributed by atoms with van der Waals surface area (Å²) in [6, 6.07) is 22.0. The number of nitrogens with one attached hydrogen (secondary N) is 2. The van der Waals surface area contributed by atoms with Crippen molar-refractivity contribution in [2.45, 2.75) is 13.8 Å². The number of ether oxygens (including phenoxy) is 1. The third kappa shape index (κ3) is 5.20. The average molecular weight is 374 g/mol. The van der Waals surface area contributed by atoms with Crippen LogP contribution in [-0.2, 0) is 4.79 Å². The van der Waals surface area contributed by atoms with Crippen molar-refractivity contribution in [3.8, 4) is 11.5 Å². The first-order valence-corrected chi connectivity index (χ1v) is 8.99. The lowest BCUT2D eigenvalue weighted by atomic mass is 10.1. The number of hydrogen-bond donors (Lipinski definition) is 2. The lowest BCUT2D eigenvalue weighted by Gasteiger charge is -2.10. The molecule has 0 aromatic heterocycles. The highest BCUT2D eigenvalue weighted by Crippen LogP contribution is 2.21. The minimum absolute atomic E-state index is 0.103. The second kappa shape index (κ2) is 8.86. The van der Waals surface area contributed by atoms with E-state index in [1.807, 2.05) is 62.4 Å². The Morgan fingerprint density at radius 2 is 1.54 bits per heavy atom. The molecule has 28 heavy (non-hydrogen) atoms. The zero-order chi connectivity index (χ0) is 19.9. The van der Waals surface area contributed by atoms with Gasteiger partial charge >= 0.3 is 0 Å². The molecule has 3 aromatic carbocycles. The Hall–Kier alpha value is -3.60. The zero-order valence-corrected chi connectivity index (χ0v) is 15.9. The van der Waals surface area contributed by atoms with Gasteiger partial charge in [-0.05, 0) is 67.4 Å². The van der Waals surface area contributed by atoms with E-state index in [4.69, 9.17) is 4.74 Å². The van der Waals surface area contributed by atoms with E-state index in [-0.39, 0.29) is 18.4 Å². The minimum Gasteiger partial charge on any atom is -0.457 e. The molecule has 3 rings (SSSR count). The SMILES string of the molecule is Cc1ccc(C)c(NC(=O)CNC(=O)c2ccc(Oc3ccccc3)cc2)c1. The van der Waals surface area contributed by atoms with E-state index in [0.717, 1.165) is 22.6 Å². The number of anilines is 1. The molecule has 0 spiro atoms. The van der Waals surface area contributed by atoms with Gasteiger partial charge in [-0.15, -0.1) is 0 Å². The second-order valence-electron chi connectivity index (χ2n) is 6.49. The van der Waals surface area contributed by atoms with Crippen molar-refractivity contribution in [2.24, 2.45) is 0 Å². The summed E-state index contributed by atoms with van der Waals surface area (Å²) in [5, 5.41) is 5.45. The van der Waals surface area contributed by atoms with E-state index in [1.54, 1.807) is 24.3 Å². The quantitative estimate of drug-likeness (QED) is 0.669. The molecule has 2 N–H and O–H groups in total. The predicted octanol–water partition coefficient (Wildman–Crippen LogP) is 4.46. The van der Waals surface area contributed by atoms with Crippen LogP contribution >= 0.6 is 0 Å². The Morgan fingerprint density at radius 3 is 2.25 bits per heavy atom. The van der Waals surface area contributed by atoms with Crippen LogP contribution in [-0.4, -0.2) is 18.4 Å².